The Morgan fingerprint density at radius 3 is 2.75 bits per heavy atom. The van der Waals surface area contributed by atoms with Gasteiger partial charge in [0.05, 0.1) is 12.4 Å². The Morgan fingerprint density at radius 1 is 1.45 bits per heavy atom. The van der Waals surface area contributed by atoms with Gasteiger partial charge in [-0.05, 0) is 19.1 Å². The van der Waals surface area contributed by atoms with Gasteiger partial charge < -0.3 is 4.74 Å². The molecule has 0 saturated carbocycles. The lowest BCUT2D eigenvalue weighted by atomic mass is 10.2. The van der Waals surface area contributed by atoms with Gasteiger partial charge in [-0.15, -0.1) is 0 Å². The average Bonchev–Trinajstić information content (AvgIpc) is 2.83. The summed E-state index contributed by atoms with van der Waals surface area (Å²) in [4.78, 5) is 25.2. The van der Waals surface area contributed by atoms with Crippen LogP contribution < -0.4 is 4.90 Å². The number of carbonyl (C=O) groups excluding carboxylic acids is 2. The fraction of sp³-hybridized carbons (Fsp3) is 0.214. The average molecular weight is 288 g/mol. The number of hydrogen-bond donors (Lipinski definition) is 0. The van der Waals surface area contributed by atoms with Crippen molar-refractivity contribution >= 4 is 29.3 Å². The standard InChI is InChI=1S/C14H12N2O3S/c1-2-19-14(18)11(8-15)13-16(12(17)9-20-13)10-6-4-3-5-7-10/h3-7H,2,9H2,1H3/b13-11-. The molecule has 6 heteroatoms. The number of ether oxygens (including phenoxy) is 1. The van der Waals surface area contributed by atoms with Crippen LogP contribution in [0.15, 0.2) is 40.9 Å². The molecule has 0 radical (unpaired) electrons. The first kappa shape index (κ1) is 14.2. The molecule has 0 spiro atoms. The Labute approximate surface area is 120 Å². The Bertz CT molecular complexity index is 605. The van der Waals surface area contributed by atoms with Crippen molar-refractivity contribution in [1.82, 2.24) is 0 Å². The highest BCUT2D eigenvalue weighted by Gasteiger charge is 2.33. The first-order valence-corrected chi connectivity index (χ1v) is 7.00. The third kappa shape index (κ3) is 2.68. The van der Waals surface area contributed by atoms with Crippen molar-refractivity contribution < 1.29 is 14.3 Å². The molecule has 1 heterocycles. The largest absolute Gasteiger partial charge is 0.462 e. The lowest BCUT2D eigenvalue weighted by Crippen LogP contribution is -2.25. The van der Waals surface area contributed by atoms with E-state index in [0.29, 0.717) is 10.7 Å². The monoisotopic (exact) mass is 288 g/mol. The van der Waals surface area contributed by atoms with Crippen LogP contribution in [-0.2, 0) is 14.3 Å². The Morgan fingerprint density at radius 2 is 2.15 bits per heavy atom. The molecule has 0 N–H and O–H groups in total. The number of esters is 1. The van der Waals surface area contributed by atoms with Gasteiger partial charge in [-0.3, -0.25) is 9.69 Å². The number of hydrogen-bond acceptors (Lipinski definition) is 5. The second-order valence-electron chi connectivity index (χ2n) is 3.87. The number of rotatable bonds is 3. The first-order valence-electron chi connectivity index (χ1n) is 6.01. The zero-order chi connectivity index (χ0) is 14.5. The van der Waals surface area contributed by atoms with Crippen LogP contribution in [0.25, 0.3) is 0 Å². The Balaban J connectivity index is 2.46. The second-order valence-corrected chi connectivity index (χ2v) is 4.83. The smallest absolute Gasteiger partial charge is 0.351 e. The van der Waals surface area contributed by atoms with E-state index in [1.54, 1.807) is 31.2 Å². The minimum atomic E-state index is -0.701. The van der Waals surface area contributed by atoms with Crippen molar-refractivity contribution in [2.45, 2.75) is 6.92 Å². The molecule has 1 saturated heterocycles. The fourth-order valence-electron chi connectivity index (χ4n) is 1.78. The normalized spacial score (nSPS) is 16.8. The summed E-state index contributed by atoms with van der Waals surface area (Å²) in [6.07, 6.45) is 0. The summed E-state index contributed by atoms with van der Waals surface area (Å²) in [5.41, 5.74) is 0.501. The molecule has 0 unspecified atom stereocenters. The molecule has 2 rings (SSSR count). The quantitative estimate of drug-likeness (QED) is 0.484. The number of thioether (sulfide) groups is 1. The van der Waals surface area contributed by atoms with Gasteiger partial charge in [0.15, 0.2) is 5.57 Å². The highest BCUT2D eigenvalue weighted by molar-refractivity contribution is 8.04. The minimum absolute atomic E-state index is 0.133. The molecule has 1 fully saturated rings. The number of nitriles is 1. The number of amides is 1. The molecular formula is C14H12N2O3S. The molecule has 20 heavy (non-hydrogen) atoms. The van der Waals surface area contributed by atoms with E-state index in [4.69, 9.17) is 4.74 Å². The van der Waals surface area contributed by atoms with E-state index >= 15 is 0 Å². The van der Waals surface area contributed by atoms with Crippen LogP contribution >= 0.6 is 11.8 Å². The number of benzene rings is 1. The van der Waals surface area contributed by atoms with Crippen LogP contribution in [0.4, 0.5) is 5.69 Å². The van der Waals surface area contributed by atoms with Crippen LogP contribution in [0.5, 0.6) is 0 Å². The number of para-hydroxylation sites is 1. The van der Waals surface area contributed by atoms with Crippen molar-refractivity contribution in [3.63, 3.8) is 0 Å². The van der Waals surface area contributed by atoms with Crippen LogP contribution in [0, 0.1) is 11.3 Å². The van der Waals surface area contributed by atoms with Crippen molar-refractivity contribution in [3.05, 3.63) is 40.9 Å². The van der Waals surface area contributed by atoms with Gasteiger partial charge in [-0.25, -0.2) is 4.79 Å². The SMILES string of the molecule is CCOC(=O)/C(C#N)=C1\SCC(=O)N1c1ccccc1. The van der Waals surface area contributed by atoms with E-state index in [0.717, 1.165) is 0 Å². The Kier molecular flexibility index (Phi) is 4.43. The molecule has 0 aliphatic carbocycles. The van der Waals surface area contributed by atoms with Crippen LogP contribution in [-0.4, -0.2) is 24.2 Å². The van der Waals surface area contributed by atoms with E-state index in [9.17, 15) is 14.9 Å². The zero-order valence-electron chi connectivity index (χ0n) is 10.8. The van der Waals surface area contributed by atoms with Gasteiger partial charge in [-0.2, -0.15) is 5.26 Å². The van der Waals surface area contributed by atoms with Gasteiger partial charge in [0.2, 0.25) is 5.91 Å². The van der Waals surface area contributed by atoms with E-state index in [2.05, 4.69) is 0 Å². The molecule has 1 aromatic rings. The maximum atomic E-state index is 12.0. The van der Waals surface area contributed by atoms with Crippen LogP contribution in [0.2, 0.25) is 0 Å². The van der Waals surface area contributed by atoms with Crippen molar-refractivity contribution in [1.29, 1.82) is 5.26 Å². The first-order chi connectivity index (χ1) is 9.69. The number of anilines is 1. The molecule has 1 aromatic carbocycles. The summed E-state index contributed by atoms with van der Waals surface area (Å²) in [6, 6.07) is 10.8. The molecule has 0 bridgehead atoms. The maximum Gasteiger partial charge on any atom is 0.351 e. The van der Waals surface area contributed by atoms with Crippen molar-refractivity contribution in [2.75, 3.05) is 17.3 Å². The van der Waals surface area contributed by atoms with Crippen LogP contribution in [0.3, 0.4) is 0 Å². The number of carbonyl (C=O) groups is 2. The summed E-state index contributed by atoms with van der Waals surface area (Å²) >= 11 is 1.17. The number of nitrogens with zero attached hydrogens (tertiary/aromatic N) is 2. The third-order valence-corrected chi connectivity index (χ3v) is 3.66. The van der Waals surface area contributed by atoms with Gasteiger partial charge in [0.1, 0.15) is 11.1 Å². The zero-order valence-corrected chi connectivity index (χ0v) is 11.6. The molecule has 0 atom stereocenters. The molecule has 0 aromatic heterocycles. The van der Waals surface area contributed by atoms with Crippen LogP contribution in [0.1, 0.15) is 6.92 Å². The van der Waals surface area contributed by atoms with Gasteiger partial charge in [-0.1, -0.05) is 30.0 Å². The predicted octanol–water partition coefficient (Wildman–Crippen LogP) is 2.06. The van der Waals surface area contributed by atoms with E-state index in [-0.39, 0.29) is 23.8 Å². The Hall–Kier alpha value is -2.26. The molecule has 1 aliphatic heterocycles. The summed E-state index contributed by atoms with van der Waals surface area (Å²) in [7, 11) is 0. The predicted molar refractivity (Wildman–Crippen MR) is 75.7 cm³/mol. The van der Waals surface area contributed by atoms with E-state index < -0.39 is 5.97 Å². The molecule has 5 nitrogen and oxygen atoms in total. The van der Waals surface area contributed by atoms with Crippen molar-refractivity contribution in [2.24, 2.45) is 0 Å². The van der Waals surface area contributed by atoms with E-state index in [1.165, 1.54) is 16.7 Å². The summed E-state index contributed by atoms with van der Waals surface area (Å²) < 4.78 is 4.86. The lowest BCUT2D eigenvalue weighted by Gasteiger charge is -2.17. The van der Waals surface area contributed by atoms with E-state index in [1.807, 2.05) is 12.1 Å². The molecule has 102 valence electrons. The van der Waals surface area contributed by atoms with Gasteiger partial charge in [0, 0.05) is 5.69 Å². The topological polar surface area (TPSA) is 70.4 Å². The second kappa shape index (κ2) is 6.26. The van der Waals surface area contributed by atoms with Gasteiger partial charge >= 0.3 is 5.97 Å². The summed E-state index contributed by atoms with van der Waals surface area (Å²) in [5, 5.41) is 9.51. The maximum absolute atomic E-state index is 12.0. The molecular weight excluding hydrogens is 276 g/mol. The highest BCUT2D eigenvalue weighted by Crippen LogP contribution is 2.36. The molecule has 1 aliphatic rings. The molecule has 1 amide bonds. The fourth-order valence-corrected chi connectivity index (χ4v) is 2.78. The summed E-state index contributed by atoms with van der Waals surface area (Å²) in [5.74, 6) is -0.657. The lowest BCUT2D eigenvalue weighted by molar-refractivity contribution is -0.138. The summed E-state index contributed by atoms with van der Waals surface area (Å²) in [6.45, 7) is 1.85. The van der Waals surface area contributed by atoms with Crippen molar-refractivity contribution in [3.8, 4) is 6.07 Å². The minimum Gasteiger partial charge on any atom is -0.462 e. The third-order valence-electron chi connectivity index (χ3n) is 2.60. The highest BCUT2D eigenvalue weighted by atomic mass is 32.2. The van der Waals surface area contributed by atoms with Gasteiger partial charge in [0.25, 0.3) is 0 Å².